The van der Waals surface area contributed by atoms with Gasteiger partial charge in [0, 0.05) is 17.4 Å². The zero-order valence-corrected chi connectivity index (χ0v) is 21.5. The molecule has 0 heterocycles. The average molecular weight is 594 g/mol. The topological polar surface area (TPSA) is 63.2 Å². The second-order valence-electron chi connectivity index (χ2n) is 8.04. The van der Waals surface area contributed by atoms with Crippen LogP contribution >= 0.6 is 23.2 Å². The summed E-state index contributed by atoms with van der Waals surface area (Å²) < 4.78 is 120. The quantitative estimate of drug-likeness (QED) is 0.329. The van der Waals surface area contributed by atoms with Crippen molar-refractivity contribution in [2.75, 3.05) is 11.5 Å². The van der Waals surface area contributed by atoms with Gasteiger partial charge in [-0.25, -0.2) is 12.8 Å². The molecule has 2 atom stereocenters. The van der Waals surface area contributed by atoms with Gasteiger partial charge in [0.2, 0.25) is 0 Å². The molecule has 0 aliphatic carbocycles. The first-order valence-electron chi connectivity index (χ1n) is 10.5. The Bertz CT molecular complexity index is 1290. The number of sulfone groups is 1. The van der Waals surface area contributed by atoms with E-state index >= 15 is 0 Å². The average Bonchev–Trinajstić information content (AvgIpc) is 2.77. The zero-order valence-electron chi connectivity index (χ0n) is 19.1. The second-order valence-corrected chi connectivity index (χ2v) is 11.3. The van der Waals surface area contributed by atoms with E-state index in [1.807, 2.05) is 0 Å². The predicted molar refractivity (Wildman–Crippen MR) is 127 cm³/mol. The van der Waals surface area contributed by atoms with Crippen LogP contribution in [0.4, 0.5) is 30.7 Å². The Morgan fingerprint density at radius 3 is 2.16 bits per heavy atom. The molecule has 1 unspecified atom stereocenters. The smallest absolute Gasteiger partial charge is 0.349 e. The number of carbonyl (C=O) groups is 1. The van der Waals surface area contributed by atoms with Gasteiger partial charge in [-0.05, 0) is 42.8 Å². The number of nitrogens with one attached hydrogen (secondary N) is 1. The summed E-state index contributed by atoms with van der Waals surface area (Å²) in [6.45, 7) is 2.63. The summed E-state index contributed by atoms with van der Waals surface area (Å²) in [6.07, 6.45) is -10.1. The number of alkyl halides is 6. The molecule has 0 radical (unpaired) electrons. The first-order valence-corrected chi connectivity index (χ1v) is 13.0. The first-order chi connectivity index (χ1) is 16.9. The molecule has 2 aromatic rings. The Labute approximate surface area is 218 Å². The number of hydrogen-bond acceptors (Lipinski definition) is 3. The largest absolute Gasteiger partial charge is 0.417 e. The van der Waals surface area contributed by atoms with E-state index in [-0.39, 0.29) is 27.9 Å². The van der Waals surface area contributed by atoms with Gasteiger partial charge in [0.25, 0.3) is 5.91 Å². The van der Waals surface area contributed by atoms with Crippen LogP contribution in [0.2, 0.25) is 10.0 Å². The summed E-state index contributed by atoms with van der Waals surface area (Å²) in [5.41, 5.74) is -3.93. The van der Waals surface area contributed by atoms with Gasteiger partial charge < -0.3 is 5.32 Å². The van der Waals surface area contributed by atoms with Crippen molar-refractivity contribution in [1.82, 2.24) is 5.32 Å². The van der Waals surface area contributed by atoms with Crippen LogP contribution in [-0.2, 0) is 16.0 Å². The number of allylic oxidation sites excluding steroid dienone is 1. The molecule has 2 aromatic carbocycles. The lowest BCUT2D eigenvalue weighted by molar-refractivity contribution is -0.140. The predicted octanol–water partition coefficient (Wildman–Crippen LogP) is 7.22. The van der Waals surface area contributed by atoms with Gasteiger partial charge in [-0.2, -0.15) is 26.3 Å². The third-order valence-electron chi connectivity index (χ3n) is 5.14. The third-order valence-corrected chi connectivity index (χ3v) is 7.76. The van der Waals surface area contributed by atoms with E-state index in [0.717, 1.165) is 18.2 Å². The van der Waals surface area contributed by atoms with Crippen molar-refractivity contribution in [1.29, 1.82) is 0 Å². The Kier molecular flexibility index (Phi) is 9.70. The highest BCUT2D eigenvalue weighted by molar-refractivity contribution is 7.91. The van der Waals surface area contributed by atoms with Crippen LogP contribution in [0.5, 0.6) is 0 Å². The number of hydrogen-bond donors (Lipinski definition) is 1. The first kappa shape index (κ1) is 30.9. The van der Waals surface area contributed by atoms with Crippen molar-refractivity contribution in [3.05, 3.63) is 74.8 Å². The van der Waals surface area contributed by atoms with E-state index in [9.17, 15) is 43.9 Å². The molecule has 204 valence electrons. The van der Waals surface area contributed by atoms with E-state index in [0.29, 0.717) is 12.1 Å². The van der Waals surface area contributed by atoms with Gasteiger partial charge in [0.05, 0.1) is 26.9 Å². The van der Waals surface area contributed by atoms with Gasteiger partial charge in [-0.1, -0.05) is 42.3 Å². The Morgan fingerprint density at radius 2 is 1.65 bits per heavy atom. The molecule has 37 heavy (non-hydrogen) atoms. The highest BCUT2D eigenvalue weighted by Gasteiger charge is 2.41. The highest BCUT2D eigenvalue weighted by atomic mass is 35.5. The molecule has 14 heteroatoms. The fourth-order valence-electron chi connectivity index (χ4n) is 3.30. The van der Waals surface area contributed by atoms with Gasteiger partial charge in [-0.15, -0.1) is 0 Å². The minimum absolute atomic E-state index is 0.0545. The Hall–Kier alpha value is -2.31. The summed E-state index contributed by atoms with van der Waals surface area (Å²) in [5, 5.41) is 1.84. The van der Waals surface area contributed by atoms with Crippen LogP contribution in [-0.4, -0.2) is 38.0 Å². The number of benzene rings is 2. The number of rotatable bonds is 8. The molecular weight excluding hydrogens is 574 g/mol. The lowest BCUT2D eigenvalue weighted by Crippen LogP contribution is -2.38. The molecule has 0 aromatic heterocycles. The van der Waals surface area contributed by atoms with Crippen molar-refractivity contribution in [3.8, 4) is 0 Å². The molecule has 0 saturated heterocycles. The number of halogens is 9. The van der Waals surface area contributed by atoms with Crippen LogP contribution in [0.25, 0.3) is 5.83 Å². The lowest BCUT2D eigenvalue weighted by Gasteiger charge is -2.19. The summed E-state index contributed by atoms with van der Waals surface area (Å²) in [7, 11) is -3.56. The molecule has 0 saturated carbocycles. The third kappa shape index (κ3) is 8.34. The summed E-state index contributed by atoms with van der Waals surface area (Å²) in [5.74, 6) is -6.26. The van der Waals surface area contributed by atoms with Crippen LogP contribution in [0.15, 0.2) is 42.5 Å². The maximum atomic E-state index is 14.9. The molecule has 1 amide bonds. The standard InChI is InChI=1S/C23H20Cl2F7NO3S/c1-3-37(35,36)11-12(2)33-21(34)15-6-4-14(8-17(15)23(30,31)32)20(26)10-16(22(27,28)29)13-5-7-18(24)19(25)9-13/h4-10,12,16H,3,11H2,1-2H3,(H,33,34)/b20-10-/t12-,16?/m1/s1. The fourth-order valence-corrected chi connectivity index (χ4v) is 4.68. The van der Waals surface area contributed by atoms with E-state index in [1.54, 1.807) is 0 Å². The molecule has 4 nitrogen and oxygen atoms in total. The minimum atomic E-state index is -5.19. The fraction of sp³-hybridized carbons (Fsp3) is 0.348. The molecule has 0 spiro atoms. The second kappa shape index (κ2) is 11.6. The minimum Gasteiger partial charge on any atom is -0.349 e. The van der Waals surface area contributed by atoms with E-state index in [4.69, 9.17) is 23.2 Å². The number of carbonyl (C=O) groups excluding carboxylic acids is 1. The van der Waals surface area contributed by atoms with Crippen molar-refractivity contribution < 1.29 is 43.9 Å². The Balaban J connectivity index is 2.49. The van der Waals surface area contributed by atoms with E-state index in [1.165, 1.54) is 13.8 Å². The molecule has 0 aliphatic heterocycles. The van der Waals surface area contributed by atoms with Crippen molar-refractivity contribution >= 4 is 44.8 Å². The monoisotopic (exact) mass is 593 g/mol. The van der Waals surface area contributed by atoms with Crippen molar-refractivity contribution in [2.45, 2.75) is 38.2 Å². The van der Waals surface area contributed by atoms with Crippen LogP contribution in [0.3, 0.4) is 0 Å². The highest BCUT2D eigenvalue weighted by Crippen LogP contribution is 2.41. The van der Waals surface area contributed by atoms with Crippen LogP contribution < -0.4 is 5.32 Å². The van der Waals surface area contributed by atoms with Gasteiger partial charge in [0.15, 0.2) is 9.84 Å². The maximum absolute atomic E-state index is 14.9. The summed E-state index contributed by atoms with van der Waals surface area (Å²) >= 11 is 11.4. The molecule has 0 fully saturated rings. The summed E-state index contributed by atoms with van der Waals surface area (Å²) in [4.78, 5) is 12.4. The maximum Gasteiger partial charge on any atom is 0.417 e. The zero-order chi connectivity index (χ0) is 28.3. The van der Waals surface area contributed by atoms with Crippen LogP contribution in [0.1, 0.15) is 46.8 Å². The van der Waals surface area contributed by atoms with E-state index in [2.05, 4.69) is 5.32 Å². The molecule has 1 N–H and O–H groups in total. The molecule has 0 bridgehead atoms. The molecular formula is C23H20Cl2F7NO3S. The molecule has 2 rings (SSSR count). The number of amides is 1. The SMILES string of the molecule is CCS(=O)(=O)C[C@@H](C)NC(=O)c1ccc(/C(F)=C/C(c2ccc(Cl)c(Cl)c2)C(F)(F)F)cc1C(F)(F)F. The molecule has 0 aliphatic rings. The van der Waals surface area contributed by atoms with Gasteiger partial charge in [0.1, 0.15) is 11.7 Å². The normalized spacial score (nSPS) is 14.8. The van der Waals surface area contributed by atoms with Crippen molar-refractivity contribution in [3.63, 3.8) is 0 Å². The van der Waals surface area contributed by atoms with Gasteiger partial charge in [-0.3, -0.25) is 4.79 Å². The lowest BCUT2D eigenvalue weighted by atomic mass is 9.95. The van der Waals surface area contributed by atoms with E-state index < -0.39 is 73.9 Å². The Morgan fingerprint density at radius 1 is 1.03 bits per heavy atom. The summed E-state index contributed by atoms with van der Waals surface area (Å²) in [6, 6.07) is 3.34. The van der Waals surface area contributed by atoms with Crippen LogP contribution in [0, 0.1) is 0 Å². The van der Waals surface area contributed by atoms with Gasteiger partial charge >= 0.3 is 12.4 Å². The van der Waals surface area contributed by atoms with Crippen molar-refractivity contribution in [2.24, 2.45) is 0 Å².